The molecular formula is C20H23BrN2O3S. The molecule has 1 saturated heterocycles. The van der Waals surface area contributed by atoms with Gasteiger partial charge in [-0.3, -0.25) is 4.79 Å². The highest BCUT2D eigenvalue weighted by Gasteiger charge is 2.32. The van der Waals surface area contributed by atoms with E-state index in [2.05, 4.69) is 21.2 Å². The molecule has 1 heterocycles. The van der Waals surface area contributed by atoms with Crippen molar-refractivity contribution in [2.24, 2.45) is 0 Å². The van der Waals surface area contributed by atoms with Gasteiger partial charge in [0.05, 0.1) is 4.90 Å². The Labute approximate surface area is 169 Å². The van der Waals surface area contributed by atoms with Crippen LogP contribution >= 0.6 is 15.9 Å². The first-order valence-corrected chi connectivity index (χ1v) is 11.3. The molecule has 3 rings (SSSR count). The molecule has 5 nitrogen and oxygen atoms in total. The van der Waals surface area contributed by atoms with Gasteiger partial charge in [-0.25, -0.2) is 8.42 Å². The third-order valence-electron chi connectivity index (χ3n) is 4.85. The number of amides is 1. The molecular weight excluding hydrogens is 428 g/mol. The number of nitrogens with zero attached hydrogens (tertiary/aromatic N) is 1. The number of halogens is 1. The number of nitrogens with one attached hydrogen (secondary N) is 1. The molecule has 1 aliphatic rings. The van der Waals surface area contributed by atoms with E-state index in [1.807, 2.05) is 13.0 Å². The van der Waals surface area contributed by atoms with Crippen LogP contribution in [0.3, 0.4) is 0 Å². The summed E-state index contributed by atoms with van der Waals surface area (Å²) in [5.41, 5.74) is 1.09. The van der Waals surface area contributed by atoms with Gasteiger partial charge in [-0.2, -0.15) is 4.31 Å². The van der Waals surface area contributed by atoms with Crippen LogP contribution in [0.4, 0.5) is 5.69 Å². The molecule has 2 aromatic rings. The quantitative estimate of drug-likeness (QED) is 0.720. The molecule has 27 heavy (non-hydrogen) atoms. The number of anilines is 1. The molecule has 1 unspecified atom stereocenters. The molecule has 2 aromatic carbocycles. The molecule has 1 aliphatic heterocycles. The third-order valence-corrected chi connectivity index (χ3v) is 7.31. The van der Waals surface area contributed by atoms with Crippen molar-refractivity contribution < 1.29 is 13.2 Å². The van der Waals surface area contributed by atoms with Crippen LogP contribution < -0.4 is 5.32 Å². The fraction of sp³-hybridized carbons (Fsp3) is 0.350. The second-order valence-corrected chi connectivity index (χ2v) is 9.47. The van der Waals surface area contributed by atoms with Crippen molar-refractivity contribution in [3.05, 3.63) is 58.6 Å². The molecule has 0 aliphatic carbocycles. The molecule has 0 bridgehead atoms. The molecule has 0 radical (unpaired) electrons. The van der Waals surface area contributed by atoms with Crippen molar-refractivity contribution in [2.75, 3.05) is 11.9 Å². The van der Waals surface area contributed by atoms with E-state index >= 15 is 0 Å². The molecule has 7 heteroatoms. The fourth-order valence-electron chi connectivity index (χ4n) is 3.38. The van der Waals surface area contributed by atoms with E-state index in [1.54, 1.807) is 46.8 Å². The Bertz CT molecular complexity index is 913. The Morgan fingerprint density at radius 2 is 1.93 bits per heavy atom. The lowest BCUT2D eigenvalue weighted by molar-refractivity contribution is 0.102. The molecule has 1 N–H and O–H groups in total. The molecule has 1 fully saturated rings. The van der Waals surface area contributed by atoms with Crippen LogP contribution in [0.15, 0.2) is 57.9 Å². The van der Waals surface area contributed by atoms with E-state index in [9.17, 15) is 13.2 Å². The number of sulfonamides is 1. The minimum atomic E-state index is -3.51. The second kappa shape index (κ2) is 8.54. The maximum Gasteiger partial charge on any atom is 0.255 e. The predicted molar refractivity (Wildman–Crippen MR) is 110 cm³/mol. The maximum atomic E-state index is 13.0. The number of carbonyl (C=O) groups is 1. The minimum Gasteiger partial charge on any atom is -0.322 e. The van der Waals surface area contributed by atoms with Crippen molar-refractivity contribution in [3.8, 4) is 0 Å². The average molecular weight is 451 g/mol. The predicted octanol–water partition coefficient (Wildman–Crippen LogP) is 4.65. The summed E-state index contributed by atoms with van der Waals surface area (Å²) in [5, 5.41) is 2.80. The number of rotatable bonds is 5. The molecule has 0 saturated carbocycles. The van der Waals surface area contributed by atoms with Crippen molar-refractivity contribution in [1.82, 2.24) is 4.31 Å². The lowest BCUT2D eigenvalue weighted by atomic mass is 10.0. The Morgan fingerprint density at radius 3 is 2.59 bits per heavy atom. The van der Waals surface area contributed by atoms with Gasteiger partial charge in [-0.15, -0.1) is 0 Å². The summed E-state index contributed by atoms with van der Waals surface area (Å²) in [6, 6.07) is 13.6. The Morgan fingerprint density at radius 1 is 1.19 bits per heavy atom. The zero-order valence-corrected chi connectivity index (χ0v) is 17.6. The van der Waals surface area contributed by atoms with Crippen LogP contribution in [-0.2, 0) is 10.0 Å². The van der Waals surface area contributed by atoms with Crippen molar-refractivity contribution in [1.29, 1.82) is 0 Å². The van der Waals surface area contributed by atoms with E-state index in [0.717, 1.165) is 30.2 Å². The second-order valence-electron chi connectivity index (χ2n) is 6.66. The number of piperidine rings is 1. The topological polar surface area (TPSA) is 66.5 Å². The molecule has 1 atom stereocenters. The lowest BCUT2D eigenvalue weighted by Gasteiger charge is -2.34. The van der Waals surface area contributed by atoms with Gasteiger partial charge in [0.1, 0.15) is 0 Å². The standard InChI is InChI=1S/C20H23BrN2O3S/c1-2-18-8-3-4-13-23(18)27(25,26)19-11-9-17(10-12-19)22-20(24)15-6-5-7-16(21)14-15/h5-7,9-12,14,18H,2-4,8,13H2,1H3,(H,22,24). The van der Waals surface area contributed by atoms with Crippen LogP contribution in [0.5, 0.6) is 0 Å². The third kappa shape index (κ3) is 4.59. The summed E-state index contributed by atoms with van der Waals surface area (Å²) in [5.74, 6) is -0.242. The normalized spacial score (nSPS) is 18.2. The van der Waals surface area contributed by atoms with Gasteiger partial charge in [-0.05, 0) is 61.7 Å². The highest BCUT2D eigenvalue weighted by atomic mass is 79.9. The fourth-order valence-corrected chi connectivity index (χ4v) is 5.54. The number of hydrogen-bond donors (Lipinski definition) is 1. The number of benzene rings is 2. The molecule has 144 valence electrons. The summed E-state index contributed by atoms with van der Waals surface area (Å²) < 4.78 is 28.4. The number of carbonyl (C=O) groups excluding carboxylic acids is 1. The van der Waals surface area contributed by atoms with E-state index in [4.69, 9.17) is 0 Å². The van der Waals surface area contributed by atoms with Crippen LogP contribution in [0.2, 0.25) is 0 Å². The summed E-state index contributed by atoms with van der Waals surface area (Å²) >= 11 is 3.34. The first-order chi connectivity index (χ1) is 12.9. The van der Waals surface area contributed by atoms with E-state index in [1.165, 1.54) is 0 Å². The average Bonchev–Trinajstić information content (AvgIpc) is 2.68. The monoisotopic (exact) mass is 450 g/mol. The van der Waals surface area contributed by atoms with Gasteiger partial charge < -0.3 is 5.32 Å². The SMILES string of the molecule is CCC1CCCCN1S(=O)(=O)c1ccc(NC(=O)c2cccc(Br)c2)cc1. The van der Waals surface area contributed by atoms with Gasteiger partial charge in [0.15, 0.2) is 0 Å². The zero-order valence-electron chi connectivity index (χ0n) is 15.2. The minimum absolute atomic E-state index is 0.0691. The summed E-state index contributed by atoms with van der Waals surface area (Å²) in [4.78, 5) is 12.6. The van der Waals surface area contributed by atoms with Crippen LogP contribution in [0.1, 0.15) is 43.0 Å². The summed E-state index contributed by atoms with van der Waals surface area (Å²) in [7, 11) is -3.51. The van der Waals surface area contributed by atoms with Gasteiger partial charge in [0.25, 0.3) is 5.91 Å². The Balaban J connectivity index is 1.75. The Hall–Kier alpha value is -1.70. The van der Waals surface area contributed by atoms with Gasteiger partial charge >= 0.3 is 0 Å². The van der Waals surface area contributed by atoms with E-state index < -0.39 is 10.0 Å². The zero-order chi connectivity index (χ0) is 19.4. The Kier molecular flexibility index (Phi) is 6.34. The van der Waals surface area contributed by atoms with Gasteiger partial charge in [-0.1, -0.05) is 35.3 Å². The largest absolute Gasteiger partial charge is 0.322 e. The van der Waals surface area contributed by atoms with Crippen molar-refractivity contribution in [3.63, 3.8) is 0 Å². The lowest BCUT2D eigenvalue weighted by Crippen LogP contribution is -2.43. The van der Waals surface area contributed by atoms with Crippen LogP contribution in [-0.4, -0.2) is 31.2 Å². The summed E-state index contributed by atoms with van der Waals surface area (Å²) in [6.07, 6.45) is 3.71. The van der Waals surface area contributed by atoms with E-state index in [-0.39, 0.29) is 16.8 Å². The smallest absolute Gasteiger partial charge is 0.255 e. The van der Waals surface area contributed by atoms with E-state index in [0.29, 0.717) is 17.8 Å². The summed E-state index contributed by atoms with van der Waals surface area (Å²) in [6.45, 7) is 2.60. The molecule has 0 aromatic heterocycles. The van der Waals surface area contributed by atoms with Crippen LogP contribution in [0.25, 0.3) is 0 Å². The number of hydrogen-bond acceptors (Lipinski definition) is 3. The molecule has 1 amide bonds. The van der Waals surface area contributed by atoms with Gasteiger partial charge in [0.2, 0.25) is 10.0 Å². The first kappa shape index (κ1) is 20.0. The van der Waals surface area contributed by atoms with Crippen LogP contribution in [0, 0.1) is 0 Å². The first-order valence-electron chi connectivity index (χ1n) is 9.10. The van der Waals surface area contributed by atoms with Crippen molar-refractivity contribution >= 4 is 37.5 Å². The highest BCUT2D eigenvalue weighted by Crippen LogP contribution is 2.27. The van der Waals surface area contributed by atoms with Crippen molar-refractivity contribution in [2.45, 2.75) is 43.5 Å². The maximum absolute atomic E-state index is 13.0. The highest BCUT2D eigenvalue weighted by molar-refractivity contribution is 9.10. The van der Waals surface area contributed by atoms with Gasteiger partial charge in [0, 0.05) is 28.3 Å². The molecule has 0 spiro atoms.